The van der Waals surface area contributed by atoms with Gasteiger partial charge in [-0.05, 0) is 51.1 Å². The molecule has 1 aromatic heterocycles. The molecule has 0 amide bonds. The van der Waals surface area contributed by atoms with Crippen LogP contribution >= 0.6 is 0 Å². The first kappa shape index (κ1) is 21.6. The molecule has 2 N–H and O–H groups in total. The first-order valence-electron chi connectivity index (χ1n) is 9.78. The van der Waals surface area contributed by atoms with E-state index in [1.165, 1.54) is 0 Å². The summed E-state index contributed by atoms with van der Waals surface area (Å²) in [6.45, 7) is 5.91. The Balaban J connectivity index is 1.79. The third-order valence-corrected chi connectivity index (χ3v) is 4.21. The number of ether oxygens (including phenoxy) is 1. The fourth-order valence-corrected chi connectivity index (χ4v) is 2.78. The lowest BCUT2D eigenvalue weighted by molar-refractivity contribution is 0.104. The van der Waals surface area contributed by atoms with Gasteiger partial charge in [0, 0.05) is 34.8 Å². The Morgan fingerprint density at radius 3 is 2.61 bits per heavy atom. The number of rotatable bonds is 8. The molecule has 156 valence electrons. The summed E-state index contributed by atoms with van der Waals surface area (Å²) in [5.74, 6) is 4.14. The highest BCUT2D eigenvalue weighted by Crippen LogP contribution is 2.23. The average molecular weight is 412 g/mol. The largest absolute Gasteiger partial charge is 0.481 e. The van der Waals surface area contributed by atoms with E-state index < -0.39 is 0 Å². The van der Waals surface area contributed by atoms with E-state index in [2.05, 4.69) is 26.5 Å². The molecule has 31 heavy (non-hydrogen) atoms. The van der Waals surface area contributed by atoms with Gasteiger partial charge in [-0.2, -0.15) is 4.98 Å². The summed E-state index contributed by atoms with van der Waals surface area (Å²) in [6.07, 6.45) is 8.59. The topological polar surface area (TPSA) is 76.1 Å². The smallest absolute Gasteiger partial charge is 0.229 e. The number of hydrogen-bond acceptors (Lipinski definition) is 6. The van der Waals surface area contributed by atoms with Crippen LogP contribution in [-0.2, 0) is 0 Å². The summed E-state index contributed by atoms with van der Waals surface area (Å²) in [5.41, 5.74) is 3.99. The monoisotopic (exact) mass is 412 g/mol. The molecule has 0 radical (unpaired) electrons. The molecule has 0 aliphatic heterocycles. The van der Waals surface area contributed by atoms with Gasteiger partial charge < -0.3 is 15.4 Å². The molecular weight excluding hydrogens is 388 g/mol. The van der Waals surface area contributed by atoms with Crippen LogP contribution in [0.15, 0.2) is 66.4 Å². The van der Waals surface area contributed by atoms with Gasteiger partial charge in [0.15, 0.2) is 5.78 Å². The molecule has 3 aromatic rings. The Kier molecular flexibility index (Phi) is 7.02. The second-order valence-corrected chi connectivity index (χ2v) is 7.16. The molecule has 0 aliphatic rings. The van der Waals surface area contributed by atoms with Crippen molar-refractivity contribution in [2.45, 2.75) is 20.8 Å². The van der Waals surface area contributed by atoms with Crippen LogP contribution in [0.5, 0.6) is 5.75 Å². The Labute approximate surface area is 182 Å². The lowest BCUT2D eigenvalue weighted by atomic mass is 10.1. The van der Waals surface area contributed by atoms with Gasteiger partial charge in [0.2, 0.25) is 5.95 Å². The first-order valence-corrected chi connectivity index (χ1v) is 9.78. The zero-order chi connectivity index (χ0) is 22.2. The maximum atomic E-state index is 12.3. The number of hydrogen-bond donors (Lipinski definition) is 2. The van der Waals surface area contributed by atoms with Crippen molar-refractivity contribution in [2.75, 3.05) is 17.2 Å². The van der Waals surface area contributed by atoms with Crippen LogP contribution in [0.25, 0.3) is 0 Å². The van der Waals surface area contributed by atoms with Crippen molar-refractivity contribution in [3.8, 4) is 18.1 Å². The quantitative estimate of drug-likeness (QED) is 0.292. The third-order valence-electron chi connectivity index (χ3n) is 4.21. The van der Waals surface area contributed by atoms with Crippen LogP contribution in [0.4, 0.5) is 23.1 Å². The highest BCUT2D eigenvalue weighted by atomic mass is 16.5. The van der Waals surface area contributed by atoms with E-state index in [9.17, 15) is 4.79 Å². The van der Waals surface area contributed by atoms with Crippen molar-refractivity contribution in [3.63, 3.8) is 0 Å². The summed E-state index contributed by atoms with van der Waals surface area (Å²) < 4.78 is 5.45. The van der Waals surface area contributed by atoms with E-state index in [4.69, 9.17) is 11.2 Å². The van der Waals surface area contributed by atoms with Crippen LogP contribution < -0.4 is 15.4 Å². The maximum absolute atomic E-state index is 12.3. The van der Waals surface area contributed by atoms with Gasteiger partial charge in [0.05, 0.1) is 0 Å². The molecule has 0 atom stereocenters. The average Bonchev–Trinajstić information content (AvgIpc) is 2.75. The molecule has 0 bridgehead atoms. The molecule has 3 rings (SSSR count). The number of nitrogens with one attached hydrogen (secondary N) is 2. The number of anilines is 4. The number of terminal acetylenes is 1. The SMILES string of the molecule is C#CCOc1cccc(Nc2ncc(C)c(Nc3cccc(C(=O)C=C(C)C)c3)n2)c1. The number of aromatic nitrogens is 2. The Bertz CT molecular complexity index is 1160. The van der Waals surface area contributed by atoms with Crippen molar-refractivity contribution < 1.29 is 9.53 Å². The van der Waals surface area contributed by atoms with Crippen LogP contribution in [0, 0.1) is 19.3 Å². The number of nitrogens with zero attached hydrogens (tertiary/aromatic N) is 2. The Morgan fingerprint density at radius 1 is 1.13 bits per heavy atom. The number of aryl methyl sites for hydroxylation is 1. The molecular formula is C25H24N4O2. The van der Waals surface area contributed by atoms with E-state index >= 15 is 0 Å². The summed E-state index contributed by atoms with van der Waals surface area (Å²) >= 11 is 0. The van der Waals surface area contributed by atoms with Gasteiger partial charge in [-0.3, -0.25) is 4.79 Å². The van der Waals surface area contributed by atoms with Crippen molar-refractivity contribution in [2.24, 2.45) is 0 Å². The minimum atomic E-state index is -0.0302. The predicted molar refractivity (Wildman–Crippen MR) is 124 cm³/mol. The zero-order valence-corrected chi connectivity index (χ0v) is 17.8. The second-order valence-electron chi connectivity index (χ2n) is 7.16. The lowest BCUT2D eigenvalue weighted by Gasteiger charge is -2.12. The Morgan fingerprint density at radius 2 is 1.87 bits per heavy atom. The summed E-state index contributed by atoms with van der Waals surface area (Å²) in [7, 11) is 0. The van der Waals surface area contributed by atoms with E-state index in [0.29, 0.717) is 23.1 Å². The van der Waals surface area contributed by atoms with Crippen molar-refractivity contribution >= 4 is 28.9 Å². The number of carbonyl (C=O) groups is 1. The van der Waals surface area contributed by atoms with Gasteiger partial charge in [-0.15, -0.1) is 6.42 Å². The van der Waals surface area contributed by atoms with Crippen LogP contribution in [0.2, 0.25) is 0 Å². The van der Waals surface area contributed by atoms with Gasteiger partial charge >= 0.3 is 0 Å². The summed E-state index contributed by atoms with van der Waals surface area (Å²) in [4.78, 5) is 21.2. The molecule has 0 saturated carbocycles. The molecule has 6 heteroatoms. The predicted octanol–water partition coefficient (Wildman–Crippen LogP) is 5.43. The van der Waals surface area contributed by atoms with Gasteiger partial charge in [-0.1, -0.05) is 29.7 Å². The van der Waals surface area contributed by atoms with Gasteiger partial charge in [0.1, 0.15) is 18.2 Å². The van der Waals surface area contributed by atoms with E-state index in [-0.39, 0.29) is 12.4 Å². The normalized spacial score (nSPS) is 10.0. The molecule has 0 fully saturated rings. The maximum Gasteiger partial charge on any atom is 0.229 e. The van der Waals surface area contributed by atoms with Crippen LogP contribution in [0.3, 0.4) is 0 Å². The number of ketones is 1. The lowest BCUT2D eigenvalue weighted by Crippen LogP contribution is -2.04. The fourth-order valence-electron chi connectivity index (χ4n) is 2.78. The van der Waals surface area contributed by atoms with Crippen LogP contribution in [-0.4, -0.2) is 22.4 Å². The number of allylic oxidation sites excluding steroid dienone is 2. The van der Waals surface area contributed by atoms with Crippen LogP contribution in [0.1, 0.15) is 29.8 Å². The Hall–Kier alpha value is -4.11. The molecule has 0 spiro atoms. The number of carbonyl (C=O) groups excluding carboxylic acids is 1. The third kappa shape index (κ3) is 6.18. The number of benzene rings is 2. The molecule has 6 nitrogen and oxygen atoms in total. The summed E-state index contributed by atoms with van der Waals surface area (Å²) in [6, 6.07) is 14.7. The summed E-state index contributed by atoms with van der Waals surface area (Å²) in [5, 5.41) is 6.44. The zero-order valence-electron chi connectivity index (χ0n) is 17.8. The van der Waals surface area contributed by atoms with Crippen molar-refractivity contribution in [1.29, 1.82) is 0 Å². The minimum Gasteiger partial charge on any atom is -0.481 e. The van der Waals surface area contributed by atoms with Gasteiger partial charge in [0.25, 0.3) is 0 Å². The van der Waals surface area contributed by atoms with E-state index in [1.54, 1.807) is 18.3 Å². The van der Waals surface area contributed by atoms with Crippen molar-refractivity contribution in [3.05, 3.63) is 77.5 Å². The van der Waals surface area contributed by atoms with E-state index in [0.717, 1.165) is 22.5 Å². The molecule has 2 aromatic carbocycles. The van der Waals surface area contributed by atoms with Gasteiger partial charge in [-0.25, -0.2) is 4.98 Å². The molecule has 1 heterocycles. The highest BCUT2D eigenvalue weighted by Gasteiger charge is 2.08. The second kappa shape index (κ2) is 10.1. The fraction of sp³-hybridized carbons (Fsp3) is 0.160. The standard InChI is InChI=1S/C25H24N4O2/c1-5-12-31-22-11-7-10-21(15-22)28-25-26-16-18(4)24(29-25)27-20-9-6-8-19(14-20)23(30)13-17(2)3/h1,6-11,13-16H,12H2,2-4H3,(H2,26,27,28,29). The minimum absolute atomic E-state index is 0.0302. The molecule has 0 aliphatic carbocycles. The first-order chi connectivity index (χ1) is 14.9. The molecule has 0 saturated heterocycles. The van der Waals surface area contributed by atoms with Crippen molar-refractivity contribution in [1.82, 2.24) is 9.97 Å². The molecule has 0 unspecified atom stereocenters. The highest BCUT2D eigenvalue weighted by molar-refractivity contribution is 6.05. The van der Waals surface area contributed by atoms with E-state index in [1.807, 2.05) is 63.2 Å².